The Balaban J connectivity index is 2.43. The molecule has 0 aliphatic rings. The van der Waals surface area contributed by atoms with E-state index in [4.69, 9.17) is 11.6 Å². The molecule has 0 radical (unpaired) electrons. The third kappa shape index (κ3) is 3.28. The smallest absolute Gasteiger partial charge is 0.163 e. The minimum Gasteiger partial charge on any atom is -0.354 e. The summed E-state index contributed by atoms with van der Waals surface area (Å²) in [6.45, 7) is 7.40. The molecule has 1 aromatic carbocycles. The molecule has 0 amide bonds. The largest absolute Gasteiger partial charge is 0.354 e. The van der Waals surface area contributed by atoms with Crippen LogP contribution >= 0.6 is 11.6 Å². The Bertz CT molecular complexity index is 557. The van der Waals surface area contributed by atoms with E-state index in [-0.39, 0.29) is 0 Å². The molecule has 3 nitrogen and oxygen atoms in total. The van der Waals surface area contributed by atoms with Crippen LogP contribution in [0.25, 0.3) is 11.4 Å². The van der Waals surface area contributed by atoms with E-state index < -0.39 is 0 Å². The SMILES string of the molecule is CCC(C)N(CC)c1cc(Cl)nc(-c2ccccc2)n1. The predicted molar refractivity (Wildman–Crippen MR) is 85.3 cm³/mol. The van der Waals surface area contributed by atoms with Gasteiger partial charge in [-0.05, 0) is 20.3 Å². The molecule has 4 heteroatoms. The van der Waals surface area contributed by atoms with Crippen molar-refractivity contribution in [2.75, 3.05) is 11.4 Å². The summed E-state index contributed by atoms with van der Waals surface area (Å²) in [6.07, 6.45) is 1.07. The van der Waals surface area contributed by atoms with E-state index in [1.54, 1.807) is 0 Å². The van der Waals surface area contributed by atoms with Gasteiger partial charge in [0.25, 0.3) is 0 Å². The highest BCUT2D eigenvalue weighted by atomic mass is 35.5. The molecule has 0 N–H and O–H groups in total. The van der Waals surface area contributed by atoms with E-state index >= 15 is 0 Å². The van der Waals surface area contributed by atoms with E-state index in [1.807, 2.05) is 36.4 Å². The lowest BCUT2D eigenvalue weighted by Gasteiger charge is -2.28. The van der Waals surface area contributed by atoms with Gasteiger partial charge < -0.3 is 4.90 Å². The predicted octanol–water partition coefficient (Wildman–Crippen LogP) is 4.42. The van der Waals surface area contributed by atoms with E-state index in [0.29, 0.717) is 17.0 Å². The molecule has 1 atom stereocenters. The van der Waals surface area contributed by atoms with Crippen molar-refractivity contribution < 1.29 is 0 Å². The van der Waals surface area contributed by atoms with E-state index in [2.05, 4.69) is 35.6 Å². The lowest BCUT2D eigenvalue weighted by molar-refractivity contribution is 0.622. The number of benzene rings is 1. The van der Waals surface area contributed by atoms with Crippen LogP contribution in [0.1, 0.15) is 27.2 Å². The molecule has 0 bridgehead atoms. The number of aromatic nitrogens is 2. The summed E-state index contributed by atoms with van der Waals surface area (Å²) in [4.78, 5) is 11.3. The first-order chi connectivity index (χ1) is 9.65. The molecule has 0 fully saturated rings. The topological polar surface area (TPSA) is 29.0 Å². The summed E-state index contributed by atoms with van der Waals surface area (Å²) >= 11 is 6.17. The molecule has 20 heavy (non-hydrogen) atoms. The Morgan fingerprint density at radius 3 is 2.45 bits per heavy atom. The average molecular weight is 290 g/mol. The molecule has 1 aromatic heterocycles. The fourth-order valence-corrected chi connectivity index (χ4v) is 2.37. The average Bonchev–Trinajstić information content (AvgIpc) is 2.48. The third-order valence-corrected chi connectivity index (χ3v) is 3.66. The maximum atomic E-state index is 6.17. The molecular weight excluding hydrogens is 270 g/mol. The van der Waals surface area contributed by atoms with E-state index in [0.717, 1.165) is 24.3 Å². The van der Waals surface area contributed by atoms with Gasteiger partial charge in [-0.1, -0.05) is 48.9 Å². The first-order valence-electron chi connectivity index (χ1n) is 7.02. The quantitative estimate of drug-likeness (QED) is 0.763. The van der Waals surface area contributed by atoms with E-state index in [9.17, 15) is 0 Å². The number of halogens is 1. The minimum atomic E-state index is 0.426. The minimum absolute atomic E-state index is 0.426. The molecule has 2 rings (SSSR count). The van der Waals surface area contributed by atoms with Crippen LogP contribution in [0.2, 0.25) is 5.15 Å². The first-order valence-corrected chi connectivity index (χ1v) is 7.40. The van der Waals surface area contributed by atoms with Crippen molar-refractivity contribution in [1.29, 1.82) is 0 Å². The third-order valence-electron chi connectivity index (χ3n) is 3.47. The standard InChI is InChI=1S/C16H20ClN3/c1-4-12(3)20(5-2)15-11-14(17)18-16(19-15)13-9-7-6-8-10-13/h6-12H,4-5H2,1-3H3. The molecule has 0 spiro atoms. The van der Waals surface area contributed by atoms with Crippen molar-refractivity contribution in [3.05, 3.63) is 41.6 Å². The van der Waals surface area contributed by atoms with Crippen molar-refractivity contribution in [1.82, 2.24) is 9.97 Å². The number of hydrogen-bond acceptors (Lipinski definition) is 3. The van der Waals surface area contributed by atoms with Crippen molar-refractivity contribution in [3.8, 4) is 11.4 Å². The van der Waals surface area contributed by atoms with Gasteiger partial charge in [-0.25, -0.2) is 9.97 Å². The van der Waals surface area contributed by atoms with Gasteiger partial charge in [-0.3, -0.25) is 0 Å². The highest BCUT2D eigenvalue weighted by molar-refractivity contribution is 6.29. The van der Waals surface area contributed by atoms with Crippen LogP contribution in [0.4, 0.5) is 5.82 Å². The van der Waals surface area contributed by atoms with Gasteiger partial charge in [0.2, 0.25) is 0 Å². The zero-order chi connectivity index (χ0) is 14.5. The van der Waals surface area contributed by atoms with Crippen LogP contribution in [0.15, 0.2) is 36.4 Å². The Kier molecular flexibility index (Phi) is 4.96. The molecule has 2 aromatic rings. The fraction of sp³-hybridized carbons (Fsp3) is 0.375. The van der Waals surface area contributed by atoms with Gasteiger partial charge in [0.05, 0.1) is 0 Å². The van der Waals surface area contributed by atoms with E-state index in [1.165, 1.54) is 0 Å². The second kappa shape index (κ2) is 6.71. The van der Waals surface area contributed by atoms with Gasteiger partial charge in [-0.15, -0.1) is 0 Å². The fourth-order valence-electron chi connectivity index (χ4n) is 2.19. The molecule has 0 aliphatic heterocycles. The Hall–Kier alpha value is -1.61. The van der Waals surface area contributed by atoms with Crippen molar-refractivity contribution in [2.45, 2.75) is 33.2 Å². The number of rotatable bonds is 5. The second-order valence-corrected chi connectivity index (χ2v) is 5.17. The Morgan fingerprint density at radius 1 is 1.15 bits per heavy atom. The van der Waals surface area contributed by atoms with Crippen LogP contribution in [0.5, 0.6) is 0 Å². The summed E-state index contributed by atoms with van der Waals surface area (Å²) in [6, 6.07) is 12.2. The van der Waals surface area contributed by atoms with Gasteiger partial charge in [0, 0.05) is 24.2 Å². The van der Waals surface area contributed by atoms with Crippen LogP contribution in [-0.2, 0) is 0 Å². The van der Waals surface area contributed by atoms with Crippen LogP contribution in [0.3, 0.4) is 0 Å². The van der Waals surface area contributed by atoms with Crippen molar-refractivity contribution in [2.24, 2.45) is 0 Å². The molecule has 1 unspecified atom stereocenters. The van der Waals surface area contributed by atoms with Gasteiger partial charge in [0.1, 0.15) is 11.0 Å². The summed E-state index contributed by atoms with van der Waals surface area (Å²) in [5.74, 6) is 1.57. The molecular formula is C16H20ClN3. The normalized spacial score (nSPS) is 12.2. The van der Waals surface area contributed by atoms with Gasteiger partial charge >= 0.3 is 0 Å². The van der Waals surface area contributed by atoms with Crippen LogP contribution in [-0.4, -0.2) is 22.6 Å². The summed E-state index contributed by atoms with van der Waals surface area (Å²) in [7, 11) is 0. The lowest BCUT2D eigenvalue weighted by atomic mass is 10.2. The Morgan fingerprint density at radius 2 is 1.85 bits per heavy atom. The Labute approximate surface area is 125 Å². The second-order valence-electron chi connectivity index (χ2n) is 4.78. The first kappa shape index (κ1) is 14.8. The molecule has 0 saturated heterocycles. The highest BCUT2D eigenvalue weighted by Crippen LogP contribution is 2.24. The number of nitrogens with zero attached hydrogens (tertiary/aromatic N) is 3. The molecule has 1 heterocycles. The molecule has 0 aliphatic carbocycles. The van der Waals surface area contributed by atoms with Crippen LogP contribution < -0.4 is 4.90 Å². The molecule has 0 saturated carbocycles. The summed E-state index contributed by atoms with van der Waals surface area (Å²) < 4.78 is 0. The monoisotopic (exact) mass is 289 g/mol. The van der Waals surface area contributed by atoms with Gasteiger partial charge in [0.15, 0.2) is 5.82 Å². The maximum Gasteiger partial charge on any atom is 0.163 e. The summed E-state index contributed by atoms with van der Waals surface area (Å²) in [5.41, 5.74) is 0.983. The van der Waals surface area contributed by atoms with Gasteiger partial charge in [-0.2, -0.15) is 0 Å². The zero-order valence-corrected chi connectivity index (χ0v) is 12.9. The zero-order valence-electron chi connectivity index (χ0n) is 12.2. The van der Waals surface area contributed by atoms with Crippen molar-refractivity contribution >= 4 is 17.4 Å². The van der Waals surface area contributed by atoms with Crippen LogP contribution in [0, 0.1) is 0 Å². The number of hydrogen-bond donors (Lipinski definition) is 0. The van der Waals surface area contributed by atoms with Crippen molar-refractivity contribution in [3.63, 3.8) is 0 Å². The molecule has 106 valence electrons. The lowest BCUT2D eigenvalue weighted by Crippen LogP contribution is -2.33. The number of anilines is 1. The summed E-state index contributed by atoms with van der Waals surface area (Å²) in [5, 5.41) is 0.482. The maximum absolute atomic E-state index is 6.17. The highest BCUT2D eigenvalue weighted by Gasteiger charge is 2.15.